The van der Waals surface area contributed by atoms with Crippen LogP contribution in [-0.4, -0.2) is 21.3 Å². The molecule has 5 rings (SSSR count). The average molecular weight is 489 g/mol. The molecule has 1 fully saturated rings. The van der Waals surface area contributed by atoms with Gasteiger partial charge >= 0.3 is 0 Å². The van der Waals surface area contributed by atoms with Gasteiger partial charge in [0.2, 0.25) is 0 Å². The Balaban J connectivity index is 1.63. The molecule has 2 aromatic heterocycles. The Morgan fingerprint density at radius 2 is 1.82 bits per heavy atom. The number of ether oxygens (including phenoxy) is 1. The number of benzene rings is 2. The molecule has 2 aromatic carbocycles. The Bertz CT molecular complexity index is 1310. The van der Waals surface area contributed by atoms with E-state index in [9.17, 15) is 0 Å². The van der Waals surface area contributed by atoms with E-state index in [1.165, 1.54) is 0 Å². The molecular weight excluding hydrogens is 464 g/mol. The highest BCUT2D eigenvalue weighted by molar-refractivity contribution is 7.80. The lowest BCUT2D eigenvalue weighted by Gasteiger charge is -2.29. The summed E-state index contributed by atoms with van der Waals surface area (Å²) in [7, 11) is 0. The van der Waals surface area contributed by atoms with E-state index in [4.69, 9.17) is 28.6 Å². The van der Waals surface area contributed by atoms with Crippen LogP contribution in [0, 0.1) is 6.92 Å². The number of nitrogens with zero attached hydrogens (tertiary/aromatic N) is 3. The van der Waals surface area contributed by atoms with Gasteiger partial charge in [-0.05, 0) is 98.4 Å². The summed E-state index contributed by atoms with van der Waals surface area (Å²) in [6, 6.07) is 24.1. The number of anilines is 1. The molecule has 5 nitrogen and oxygen atoms in total. The summed E-state index contributed by atoms with van der Waals surface area (Å²) in [4.78, 5) is 6.82. The number of halogens is 1. The Morgan fingerprint density at radius 3 is 2.53 bits per heavy atom. The summed E-state index contributed by atoms with van der Waals surface area (Å²) in [6.07, 6.45) is 3.89. The summed E-state index contributed by atoms with van der Waals surface area (Å²) >= 11 is 12.2. The van der Waals surface area contributed by atoms with Gasteiger partial charge in [0.1, 0.15) is 11.8 Å². The third kappa shape index (κ3) is 4.15. The van der Waals surface area contributed by atoms with E-state index in [1.807, 2.05) is 74.6 Å². The summed E-state index contributed by atoms with van der Waals surface area (Å²) in [5, 5.41) is 4.94. The summed E-state index contributed by atoms with van der Waals surface area (Å²) < 4.78 is 7.84. The molecule has 0 spiro atoms. The molecule has 7 heteroatoms. The van der Waals surface area contributed by atoms with Gasteiger partial charge in [-0.25, -0.2) is 0 Å². The normalized spacial score (nSPS) is 17.6. The van der Waals surface area contributed by atoms with Crippen molar-refractivity contribution in [1.29, 1.82) is 0 Å². The predicted octanol–water partition coefficient (Wildman–Crippen LogP) is 6.41. The smallest absolute Gasteiger partial charge is 0.174 e. The monoisotopic (exact) mass is 488 g/mol. The number of hydrogen-bond donors (Lipinski definition) is 1. The molecule has 1 aliphatic rings. The minimum absolute atomic E-state index is 0.119. The molecule has 3 heterocycles. The Morgan fingerprint density at radius 1 is 1.03 bits per heavy atom. The second-order valence-corrected chi connectivity index (χ2v) is 8.95. The van der Waals surface area contributed by atoms with Crippen molar-refractivity contribution < 1.29 is 4.74 Å². The topological polar surface area (TPSA) is 42.3 Å². The van der Waals surface area contributed by atoms with E-state index in [2.05, 4.69) is 44.2 Å². The van der Waals surface area contributed by atoms with E-state index in [0.29, 0.717) is 11.7 Å². The van der Waals surface area contributed by atoms with Gasteiger partial charge in [0, 0.05) is 34.5 Å². The quantitative estimate of drug-likeness (QED) is 0.318. The highest BCUT2D eigenvalue weighted by atomic mass is 35.5. The maximum Gasteiger partial charge on any atom is 0.174 e. The fourth-order valence-electron chi connectivity index (χ4n) is 4.45. The molecule has 1 aliphatic heterocycles. The first-order chi connectivity index (χ1) is 16.6. The molecule has 1 saturated heterocycles. The van der Waals surface area contributed by atoms with Crippen LogP contribution in [0.15, 0.2) is 85.2 Å². The van der Waals surface area contributed by atoms with Crippen molar-refractivity contribution in [2.75, 3.05) is 11.5 Å². The standard InChI is InChI=1S/C27H25ClN4OS/c1-3-33-21-12-9-19(10-13-21)32-26(25(30-27(32)34)23-7-4-5-15-29-23)24-8-6-16-31(24)20-11-14-22(28)18(2)17-20/h4-17,25-26H,3H2,1-2H3,(H,30,34). The molecule has 0 radical (unpaired) electrons. The van der Waals surface area contributed by atoms with Gasteiger partial charge in [-0.15, -0.1) is 0 Å². The number of rotatable bonds is 6. The van der Waals surface area contributed by atoms with Crippen LogP contribution in [0.2, 0.25) is 5.02 Å². The van der Waals surface area contributed by atoms with Crippen molar-refractivity contribution in [3.8, 4) is 11.4 Å². The second-order valence-electron chi connectivity index (χ2n) is 8.16. The highest BCUT2D eigenvalue weighted by Gasteiger charge is 2.42. The summed E-state index contributed by atoms with van der Waals surface area (Å²) in [5.41, 5.74) is 5.10. The first-order valence-corrected chi connectivity index (χ1v) is 12.0. The number of aromatic nitrogens is 2. The maximum atomic E-state index is 6.31. The lowest BCUT2D eigenvalue weighted by molar-refractivity contribution is 0.340. The third-order valence-electron chi connectivity index (χ3n) is 6.03. The van der Waals surface area contributed by atoms with Gasteiger partial charge in [-0.3, -0.25) is 4.98 Å². The van der Waals surface area contributed by atoms with E-state index in [0.717, 1.165) is 39.1 Å². The molecule has 2 atom stereocenters. The van der Waals surface area contributed by atoms with Crippen LogP contribution in [0.3, 0.4) is 0 Å². The molecule has 0 bridgehead atoms. The van der Waals surface area contributed by atoms with Crippen LogP contribution in [0.4, 0.5) is 5.69 Å². The number of pyridine rings is 1. The van der Waals surface area contributed by atoms with Gasteiger partial charge < -0.3 is 19.5 Å². The zero-order chi connectivity index (χ0) is 23.7. The van der Waals surface area contributed by atoms with Crippen molar-refractivity contribution in [2.45, 2.75) is 25.9 Å². The first-order valence-electron chi connectivity index (χ1n) is 11.2. The number of thiocarbonyl (C=S) groups is 1. The largest absolute Gasteiger partial charge is 0.494 e. The number of nitrogens with one attached hydrogen (secondary N) is 1. The molecule has 4 aromatic rings. The molecule has 172 valence electrons. The third-order valence-corrected chi connectivity index (χ3v) is 6.77. The molecule has 2 unspecified atom stereocenters. The minimum atomic E-state index is -0.123. The zero-order valence-electron chi connectivity index (χ0n) is 19.0. The van der Waals surface area contributed by atoms with Gasteiger partial charge in [-0.1, -0.05) is 17.7 Å². The summed E-state index contributed by atoms with van der Waals surface area (Å²) in [5.74, 6) is 0.835. The van der Waals surface area contributed by atoms with Crippen LogP contribution in [0.25, 0.3) is 5.69 Å². The van der Waals surface area contributed by atoms with E-state index in [1.54, 1.807) is 0 Å². The van der Waals surface area contributed by atoms with Crippen molar-refractivity contribution >= 4 is 34.6 Å². The van der Waals surface area contributed by atoms with Crippen LogP contribution in [0.5, 0.6) is 5.75 Å². The Hall–Kier alpha value is -3.35. The second kappa shape index (κ2) is 9.49. The molecule has 0 saturated carbocycles. The maximum absolute atomic E-state index is 6.31. The van der Waals surface area contributed by atoms with E-state index >= 15 is 0 Å². The average Bonchev–Trinajstić information content (AvgIpc) is 3.46. The van der Waals surface area contributed by atoms with Crippen molar-refractivity contribution in [3.63, 3.8) is 0 Å². The SMILES string of the molecule is CCOc1ccc(N2C(=S)NC(c3ccccn3)C2c2cccn2-c2ccc(Cl)c(C)c2)cc1. The Labute approximate surface area is 210 Å². The number of hydrogen-bond acceptors (Lipinski definition) is 3. The fourth-order valence-corrected chi connectivity index (χ4v) is 4.92. The predicted molar refractivity (Wildman–Crippen MR) is 141 cm³/mol. The van der Waals surface area contributed by atoms with E-state index in [-0.39, 0.29) is 12.1 Å². The van der Waals surface area contributed by atoms with Crippen LogP contribution < -0.4 is 15.0 Å². The number of aryl methyl sites for hydroxylation is 1. The van der Waals surface area contributed by atoms with Crippen LogP contribution in [0.1, 0.15) is 36.0 Å². The van der Waals surface area contributed by atoms with Gasteiger partial charge in [0.05, 0.1) is 18.3 Å². The summed E-state index contributed by atoms with van der Waals surface area (Å²) in [6.45, 7) is 4.62. The molecule has 0 amide bonds. The van der Waals surface area contributed by atoms with Crippen LogP contribution in [-0.2, 0) is 0 Å². The molecule has 34 heavy (non-hydrogen) atoms. The van der Waals surface area contributed by atoms with E-state index < -0.39 is 0 Å². The highest BCUT2D eigenvalue weighted by Crippen LogP contribution is 2.42. The van der Waals surface area contributed by atoms with Crippen molar-refractivity contribution in [1.82, 2.24) is 14.9 Å². The van der Waals surface area contributed by atoms with Crippen molar-refractivity contribution in [2.24, 2.45) is 0 Å². The molecular formula is C27H25ClN4OS. The lowest BCUT2D eigenvalue weighted by Crippen LogP contribution is -2.30. The molecule has 0 aliphatic carbocycles. The van der Waals surface area contributed by atoms with Gasteiger partial charge in [-0.2, -0.15) is 0 Å². The first kappa shape index (κ1) is 22.4. The Kier molecular flexibility index (Phi) is 6.26. The fraction of sp³-hybridized carbons (Fsp3) is 0.185. The van der Waals surface area contributed by atoms with Gasteiger partial charge in [0.15, 0.2) is 5.11 Å². The minimum Gasteiger partial charge on any atom is -0.494 e. The zero-order valence-corrected chi connectivity index (χ0v) is 20.6. The van der Waals surface area contributed by atoms with Gasteiger partial charge in [0.25, 0.3) is 0 Å². The van der Waals surface area contributed by atoms with Crippen LogP contribution >= 0.6 is 23.8 Å². The lowest BCUT2D eigenvalue weighted by atomic mass is 10.0. The molecule has 1 N–H and O–H groups in total. The van der Waals surface area contributed by atoms with Crippen molar-refractivity contribution in [3.05, 3.63) is 107 Å².